The van der Waals surface area contributed by atoms with Crippen molar-refractivity contribution >= 4 is 5.97 Å². The second kappa shape index (κ2) is 3.47. The van der Waals surface area contributed by atoms with E-state index in [0.717, 1.165) is 0 Å². The fourth-order valence-electron chi connectivity index (χ4n) is 2.12. The van der Waals surface area contributed by atoms with Crippen molar-refractivity contribution in [3.63, 3.8) is 0 Å². The Morgan fingerprint density at radius 3 is 2.56 bits per heavy atom. The van der Waals surface area contributed by atoms with Crippen LogP contribution in [0.25, 0.3) is 0 Å². The maximum Gasteiger partial charge on any atom is 0.314 e. The average Bonchev–Trinajstić information content (AvgIpc) is 3.03. The number of hydrogen-bond donors (Lipinski definition) is 1. The molecule has 86 valence electrons. The second-order valence-corrected chi connectivity index (χ2v) is 4.14. The number of hydrogen-bond acceptors (Lipinski definition) is 2. The van der Waals surface area contributed by atoms with Gasteiger partial charge in [-0.2, -0.15) is 0 Å². The molecule has 0 spiro atoms. The number of benzene rings is 1. The van der Waals surface area contributed by atoms with Crippen molar-refractivity contribution in [1.82, 2.24) is 0 Å². The molecule has 1 aliphatic rings. The summed E-state index contributed by atoms with van der Waals surface area (Å²) < 4.78 is 18.6. The summed E-state index contributed by atoms with van der Waals surface area (Å²) in [5.41, 5.74) is -0.0703. The Hall–Kier alpha value is -1.58. The molecule has 0 saturated heterocycles. The largest absolute Gasteiger partial charge is 0.496 e. The van der Waals surface area contributed by atoms with E-state index in [9.17, 15) is 14.3 Å². The van der Waals surface area contributed by atoms with Crippen LogP contribution in [-0.2, 0) is 10.2 Å². The van der Waals surface area contributed by atoms with E-state index < -0.39 is 11.4 Å². The van der Waals surface area contributed by atoms with E-state index in [-0.39, 0.29) is 5.82 Å². The van der Waals surface area contributed by atoms with E-state index in [2.05, 4.69) is 0 Å². The van der Waals surface area contributed by atoms with Gasteiger partial charge in [-0.3, -0.25) is 4.79 Å². The molecule has 4 heteroatoms. The zero-order chi connectivity index (χ0) is 11.9. The van der Waals surface area contributed by atoms with Crippen molar-refractivity contribution in [3.8, 4) is 5.75 Å². The van der Waals surface area contributed by atoms with Crippen LogP contribution in [0, 0.1) is 12.7 Å². The quantitative estimate of drug-likeness (QED) is 0.856. The molecule has 0 unspecified atom stereocenters. The summed E-state index contributed by atoms with van der Waals surface area (Å²) in [5.74, 6) is -0.832. The molecular weight excluding hydrogens is 211 g/mol. The number of aliphatic carboxylic acids is 1. The highest BCUT2D eigenvalue weighted by Crippen LogP contribution is 2.53. The van der Waals surface area contributed by atoms with Gasteiger partial charge in [0.05, 0.1) is 12.5 Å². The SMILES string of the molecule is COc1ccc(F)c(C)c1C1(C(=O)O)CC1. The Bertz CT molecular complexity index is 450. The first-order valence-corrected chi connectivity index (χ1v) is 5.10. The molecule has 0 aliphatic heterocycles. The number of rotatable bonds is 3. The Labute approximate surface area is 92.9 Å². The number of ether oxygens (including phenoxy) is 1. The van der Waals surface area contributed by atoms with Crippen molar-refractivity contribution in [2.24, 2.45) is 0 Å². The fourth-order valence-corrected chi connectivity index (χ4v) is 2.12. The maximum absolute atomic E-state index is 13.5. The zero-order valence-corrected chi connectivity index (χ0v) is 9.21. The van der Waals surface area contributed by atoms with Gasteiger partial charge >= 0.3 is 5.97 Å². The smallest absolute Gasteiger partial charge is 0.314 e. The number of carboxylic acids is 1. The summed E-state index contributed by atoms with van der Waals surface area (Å²) in [7, 11) is 1.47. The lowest BCUT2D eigenvalue weighted by Gasteiger charge is -2.17. The van der Waals surface area contributed by atoms with Crippen LogP contribution in [0.3, 0.4) is 0 Å². The lowest BCUT2D eigenvalue weighted by molar-refractivity contribution is -0.140. The van der Waals surface area contributed by atoms with E-state index >= 15 is 0 Å². The summed E-state index contributed by atoms with van der Waals surface area (Å²) in [6.07, 6.45) is 1.09. The van der Waals surface area contributed by atoms with Crippen LogP contribution in [0.1, 0.15) is 24.0 Å². The first kappa shape index (κ1) is 10.9. The minimum absolute atomic E-state index is 0.374. The molecule has 0 aromatic heterocycles. The van der Waals surface area contributed by atoms with E-state index in [0.29, 0.717) is 29.7 Å². The molecule has 1 aromatic rings. The van der Waals surface area contributed by atoms with E-state index in [1.54, 1.807) is 6.92 Å². The van der Waals surface area contributed by atoms with Crippen molar-refractivity contribution in [3.05, 3.63) is 29.1 Å². The van der Waals surface area contributed by atoms with Gasteiger partial charge in [0.15, 0.2) is 0 Å². The Kier molecular flexibility index (Phi) is 2.37. The van der Waals surface area contributed by atoms with Crippen LogP contribution in [0.5, 0.6) is 5.75 Å². The lowest BCUT2D eigenvalue weighted by Crippen LogP contribution is -2.22. The van der Waals surface area contributed by atoms with E-state index in [4.69, 9.17) is 4.74 Å². The van der Waals surface area contributed by atoms with Crippen LogP contribution < -0.4 is 4.74 Å². The fraction of sp³-hybridized carbons (Fsp3) is 0.417. The Morgan fingerprint density at radius 2 is 2.12 bits per heavy atom. The molecule has 1 fully saturated rings. The van der Waals surface area contributed by atoms with Crippen molar-refractivity contribution < 1.29 is 19.0 Å². The number of halogens is 1. The van der Waals surface area contributed by atoms with Crippen molar-refractivity contribution in [2.45, 2.75) is 25.2 Å². The molecule has 2 rings (SSSR count). The highest BCUT2D eigenvalue weighted by Gasteiger charge is 2.54. The first-order chi connectivity index (χ1) is 7.53. The van der Waals surface area contributed by atoms with Crippen LogP contribution in [0.2, 0.25) is 0 Å². The molecule has 16 heavy (non-hydrogen) atoms. The summed E-state index contributed by atoms with van der Waals surface area (Å²) in [5, 5.41) is 9.21. The summed E-state index contributed by atoms with van der Waals surface area (Å²) in [4.78, 5) is 11.2. The predicted octanol–water partition coefficient (Wildman–Crippen LogP) is 2.26. The molecule has 1 aromatic carbocycles. The summed E-state index contributed by atoms with van der Waals surface area (Å²) in [6.45, 7) is 1.59. The molecule has 0 bridgehead atoms. The third-order valence-electron chi connectivity index (χ3n) is 3.22. The highest BCUT2D eigenvalue weighted by atomic mass is 19.1. The predicted molar refractivity (Wildman–Crippen MR) is 56.2 cm³/mol. The molecule has 1 N–H and O–H groups in total. The third kappa shape index (κ3) is 1.37. The number of carbonyl (C=O) groups is 1. The molecular formula is C12H13FO3. The third-order valence-corrected chi connectivity index (χ3v) is 3.22. The van der Waals surface area contributed by atoms with Gasteiger partial charge in [0.25, 0.3) is 0 Å². The van der Waals surface area contributed by atoms with Gasteiger partial charge in [0.1, 0.15) is 11.6 Å². The molecule has 0 amide bonds. The molecule has 0 atom stereocenters. The average molecular weight is 224 g/mol. The molecule has 3 nitrogen and oxygen atoms in total. The van der Waals surface area contributed by atoms with Crippen molar-refractivity contribution in [1.29, 1.82) is 0 Å². The van der Waals surface area contributed by atoms with Gasteiger partial charge < -0.3 is 9.84 Å². The van der Waals surface area contributed by atoms with E-state index in [1.165, 1.54) is 19.2 Å². The Balaban J connectivity index is 2.63. The summed E-state index contributed by atoms with van der Waals surface area (Å²) >= 11 is 0. The highest BCUT2D eigenvalue weighted by molar-refractivity contribution is 5.86. The van der Waals surface area contributed by atoms with Crippen LogP contribution in [-0.4, -0.2) is 18.2 Å². The molecule has 0 radical (unpaired) electrons. The number of carboxylic acid groups (broad SMARTS) is 1. The number of methoxy groups -OCH3 is 1. The lowest BCUT2D eigenvalue weighted by atomic mass is 9.90. The zero-order valence-electron chi connectivity index (χ0n) is 9.21. The topological polar surface area (TPSA) is 46.5 Å². The van der Waals surface area contributed by atoms with Gasteiger partial charge in [-0.05, 0) is 37.5 Å². The van der Waals surface area contributed by atoms with Gasteiger partial charge in [0.2, 0.25) is 0 Å². The normalized spacial score (nSPS) is 16.9. The molecule has 1 aliphatic carbocycles. The van der Waals surface area contributed by atoms with Crippen LogP contribution in [0.15, 0.2) is 12.1 Å². The van der Waals surface area contributed by atoms with Crippen molar-refractivity contribution in [2.75, 3.05) is 7.11 Å². The summed E-state index contributed by atoms with van der Waals surface area (Å²) in [6, 6.07) is 2.79. The van der Waals surface area contributed by atoms with Gasteiger partial charge in [-0.1, -0.05) is 0 Å². The van der Waals surface area contributed by atoms with Gasteiger partial charge in [-0.25, -0.2) is 4.39 Å². The first-order valence-electron chi connectivity index (χ1n) is 5.10. The maximum atomic E-state index is 13.5. The molecule has 1 saturated carbocycles. The Morgan fingerprint density at radius 1 is 1.50 bits per heavy atom. The minimum Gasteiger partial charge on any atom is -0.496 e. The van der Waals surface area contributed by atoms with Crippen LogP contribution in [0.4, 0.5) is 4.39 Å². The van der Waals surface area contributed by atoms with Crippen LogP contribution >= 0.6 is 0 Å². The van der Waals surface area contributed by atoms with Gasteiger partial charge in [0, 0.05) is 5.56 Å². The minimum atomic E-state index is -0.933. The molecule has 0 heterocycles. The van der Waals surface area contributed by atoms with Gasteiger partial charge in [-0.15, -0.1) is 0 Å². The van der Waals surface area contributed by atoms with E-state index in [1.807, 2.05) is 0 Å². The second-order valence-electron chi connectivity index (χ2n) is 4.14. The monoisotopic (exact) mass is 224 g/mol. The standard InChI is InChI=1S/C12H13FO3/c1-7-8(13)3-4-9(16-2)10(7)12(5-6-12)11(14)15/h3-4H,5-6H2,1-2H3,(H,14,15).